The second kappa shape index (κ2) is 4.70. The fourth-order valence-corrected chi connectivity index (χ4v) is 6.73. The Balaban J connectivity index is 1.72. The van der Waals surface area contributed by atoms with Gasteiger partial charge in [0.25, 0.3) is 0 Å². The molecule has 4 saturated carbocycles. The van der Waals surface area contributed by atoms with Crippen LogP contribution in [0.15, 0.2) is 0 Å². The van der Waals surface area contributed by atoms with Crippen LogP contribution >= 0.6 is 0 Å². The van der Waals surface area contributed by atoms with Gasteiger partial charge >= 0.3 is 0 Å². The Kier molecular flexibility index (Phi) is 2.82. The highest BCUT2D eigenvalue weighted by Crippen LogP contribution is 2.67. The first-order chi connectivity index (χ1) is 11.1. The Morgan fingerprint density at radius 2 is 1.77 bits per heavy atom. The molecule has 0 bridgehead atoms. The van der Waals surface area contributed by atoms with Gasteiger partial charge in [0, 0.05) is 7.79 Å². The second-order valence-electron chi connectivity index (χ2n) is 9.00. The Hall–Kier alpha value is -0.120. The van der Waals surface area contributed by atoms with Crippen LogP contribution < -0.4 is 0 Å². The predicted molar refractivity (Wildman–Crippen MR) is 85.2 cm³/mol. The summed E-state index contributed by atoms with van der Waals surface area (Å²) in [5.41, 5.74) is -1.81. The second-order valence-corrected chi connectivity index (χ2v) is 9.00. The quantitative estimate of drug-likeness (QED) is 0.645. The van der Waals surface area contributed by atoms with E-state index in [9.17, 15) is 15.3 Å². The van der Waals surface area contributed by atoms with Crippen LogP contribution in [0.2, 0.25) is 0 Å². The van der Waals surface area contributed by atoms with Crippen LogP contribution in [0, 0.1) is 28.6 Å². The molecular weight excluding hydrogens is 276 g/mol. The van der Waals surface area contributed by atoms with E-state index in [-0.39, 0.29) is 16.7 Å². The van der Waals surface area contributed by atoms with Gasteiger partial charge in [-0.3, -0.25) is 0 Å². The summed E-state index contributed by atoms with van der Waals surface area (Å²) in [4.78, 5) is 0. The van der Waals surface area contributed by atoms with E-state index in [0.717, 1.165) is 25.7 Å². The van der Waals surface area contributed by atoms with Crippen molar-refractivity contribution in [2.45, 2.75) is 89.4 Å². The average molecular weight is 310 g/mol. The molecule has 0 aromatic carbocycles. The summed E-state index contributed by atoms with van der Waals surface area (Å²) in [5.74, 6) is 0.926. The Morgan fingerprint density at radius 1 is 1.00 bits per heavy atom. The SMILES string of the molecule is [2H]C1CC2C3CC[C@]([2H])(O)C3(C)CCC2C2(C)CCC(O)C[C@@]12O. The molecule has 22 heavy (non-hydrogen) atoms. The molecule has 0 aromatic rings. The molecule has 0 saturated heterocycles. The largest absolute Gasteiger partial charge is 0.393 e. The van der Waals surface area contributed by atoms with Gasteiger partial charge in [-0.2, -0.15) is 0 Å². The molecule has 0 spiro atoms. The third-order valence-corrected chi connectivity index (χ3v) is 8.26. The topological polar surface area (TPSA) is 60.7 Å². The fourth-order valence-electron chi connectivity index (χ4n) is 6.73. The molecular formula is C19H32O3. The summed E-state index contributed by atoms with van der Waals surface area (Å²) in [5, 5.41) is 32.1. The van der Waals surface area contributed by atoms with Crippen LogP contribution in [0.4, 0.5) is 0 Å². The van der Waals surface area contributed by atoms with Gasteiger partial charge in [0.15, 0.2) is 0 Å². The van der Waals surface area contributed by atoms with Crippen LogP contribution in [0.1, 0.15) is 74.4 Å². The zero-order chi connectivity index (χ0) is 17.5. The monoisotopic (exact) mass is 310 g/mol. The van der Waals surface area contributed by atoms with Gasteiger partial charge < -0.3 is 15.3 Å². The summed E-state index contributed by atoms with van der Waals surface area (Å²) in [6, 6.07) is 0. The van der Waals surface area contributed by atoms with E-state index >= 15 is 0 Å². The number of aliphatic hydroxyl groups is 3. The Bertz CT molecular complexity index is 541. The molecule has 0 aliphatic heterocycles. The van der Waals surface area contributed by atoms with Crippen molar-refractivity contribution in [3.63, 3.8) is 0 Å². The summed E-state index contributed by atoms with van der Waals surface area (Å²) in [7, 11) is 0. The van der Waals surface area contributed by atoms with Crippen LogP contribution in [-0.2, 0) is 0 Å². The van der Waals surface area contributed by atoms with Gasteiger partial charge in [-0.05, 0) is 79.9 Å². The molecule has 0 radical (unpaired) electrons. The van der Waals surface area contributed by atoms with Crippen LogP contribution in [0.5, 0.6) is 0 Å². The Morgan fingerprint density at radius 3 is 2.55 bits per heavy atom. The summed E-state index contributed by atoms with van der Waals surface area (Å²) in [6.45, 7) is 4.21. The molecule has 9 atom stereocenters. The highest BCUT2D eigenvalue weighted by Gasteiger charge is 2.64. The zero-order valence-electron chi connectivity index (χ0n) is 15.9. The van der Waals surface area contributed by atoms with E-state index < -0.39 is 24.2 Å². The van der Waals surface area contributed by atoms with Crippen LogP contribution in [0.25, 0.3) is 0 Å². The van der Waals surface area contributed by atoms with E-state index in [1.807, 2.05) is 0 Å². The molecule has 4 aliphatic rings. The lowest BCUT2D eigenvalue weighted by molar-refractivity contribution is -0.221. The van der Waals surface area contributed by atoms with Crippen molar-refractivity contribution in [3.8, 4) is 0 Å². The molecule has 7 unspecified atom stereocenters. The van der Waals surface area contributed by atoms with Gasteiger partial charge in [-0.15, -0.1) is 0 Å². The van der Waals surface area contributed by atoms with Gasteiger partial charge in [0.1, 0.15) is 0 Å². The number of aliphatic hydroxyl groups excluding tert-OH is 1. The molecule has 0 aromatic heterocycles. The van der Waals surface area contributed by atoms with Crippen molar-refractivity contribution in [3.05, 3.63) is 0 Å². The van der Waals surface area contributed by atoms with Crippen LogP contribution in [0.3, 0.4) is 0 Å². The lowest BCUT2D eigenvalue weighted by Gasteiger charge is -2.63. The molecule has 3 heteroatoms. The van der Waals surface area contributed by atoms with Crippen molar-refractivity contribution in [2.24, 2.45) is 28.6 Å². The first-order valence-corrected chi connectivity index (χ1v) is 9.10. The number of fused-ring (bicyclic) bond motifs is 5. The number of hydrogen-bond donors (Lipinski definition) is 3. The van der Waals surface area contributed by atoms with E-state index in [4.69, 9.17) is 2.74 Å². The molecule has 4 rings (SSSR count). The van der Waals surface area contributed by atoms with E-state index in [0.29, 0.717) is 37.5 Å². The highest BCUT2D eigenvalue weighted by atomic mass is 16.3. The molecule has 0 heterocycles. The minimum Gasteiger partial charge on any atom is -0.393 e. The first kappa shape index (κ1) is 13.2. The van der Waals surface area contributed by atoms with Crippen molar-refractivity contribution in [1.29, 1.82) is 0 Å². The maximum atomic E-state index is 11.4. The number of rotatable bonds is 0. The molecule has 4 fully saturated rings. The molecule has 0 amide bonds. The van der Waals surface area contributed by atoms with Crippen LogP contribution in [-0.4, -0.2) is 33.1 Å². The van der Waals surface area contributed by atoms with Gasteiger partial charge in [0.2, 0.25) is 0 Å². The van der Waals surface area contributed by atoms with E-state index in [1.165, 1.54) is 0 Å². The normalized spacial score (nSPS) is 69.2. The molecule has 3 nitrogen and oxygen atoms in total. The smallest absolute Gasteiger partial charge is 0.0728 e. The minimum atomic E-state index is -1.35. The predicted octanol–water partition coefficient (Wildman–Crippen LogP) is 2.87. The van der Waals surface area contributed by atoms with Crippen molar-refractivity contribution < 1.29 is 18.1 Å². The first-order valence-electron chi connectivity index (χ1n) is 10.2. The van der Waals surface area contributed by atoms with Gasteiger partial charge in [0.05, 0.1) is 19.2 Å². The summed E-state index contributed by atoms with van der Waals surface area (Å²) in [6.07, 6.45) is 3.15. The lowest BCUT2D eigenvalue weighted by Crippen LogP contribution is -2.63. The molecule has 3 N–H and O–H groups in total. The minimum absolute atomic E-state index is 0.278. The maximum absolute atomic E-state index is 11.4. The summed E-state index contributed by atoms with van der Waals surface area (Å²) >= 11 is 0. The molecule has 126 valence electrons. The lowest BCUT2D eigenvalue weighted by atomic mass is 9.43. The van der Waals surface area contributed by atoms with Crippen molar-refractivity contribution in [2.75, 3.05) is 0 Å². The standard InChI is InChI=1S/C19H32O3/c1-17-8-7-15-13(14(17)3-4-16(17)21)6-10-19(22)11-12(20)5-9-18(15,19)2/h12-16,20-22H,3-11H2,1-2H3/t12?,13?,14?,15?,16-,17?,18?,19-/m0/s1/i10D,16D/t10?,12?,13?,14?,15?,16-,17?,18?,19-. The van der Waals surface area contributed by atoms with Gasteiger partial charge in [-0.25, -0.2) is 0 Å². The Labute approximate surface area is 136 Å². The van der Waals surface area contributed by atoms with Crippen molar-refractivity contribution >= 4 is 0 Å². The number of hydrogen-bond acceptors (Lipinski definition) is 3. The zero-order valence-corrected chi connectivity index (χ0v) is 13.9. The molecule has 4 aliphatic carbocycles. The maximum Gasteiger partial charge on any atom is 0.0728 e. The third kappa shape index (κ3) is 1.79. The highest BCUT2D eigenvalue weighted by molar-refractivity contribution is 5.14. The summed E-state index contributed by atoms with van der Waals surface area (Å²) < 4.78 is 17.1. The van der Waals surface area contributed by atoms with Gasteiger partial charge in [-0.1, -0.05) is 13.8 Å². The van der Waals surface area contributed by atoms with E-state index in [1.54, 1.807) is 0 Å². The fraction of sp³-hybridized carbons (Fsp3) is 1.00. The van der Waals surface area contributed by atoms with E-state index in [2.05, 4.69) is 13.8 Å². The van der Waals surface area contributed by atoms with Crippen molar-refractivity contribution in [1.82, 2.24) is 0 Å². The third-order valence-electron chi connectivity index (χ3n) is 8.26. The average Bonchev–Trinajstić information content (AvgIpc) is 2.73.